The third kappa shape index (κ3) is 6.76. The number of esters is 3. The van der Waals surface area contributed by atoms with Gasteiger partial charge in [-0.05, 0) is 34.1 Å². The zero-order chi connectivity index (χ0) is 27.4. The van der Waals surface area contributed by atoms with Gasteiger partial charge in [-0.3, -0.25) is 14.4 Å². The number of ether oxygens (including phenoxy) is 4. The first-order chi connectivity index (χ1) is 18.1. The third-order valence-electron chi connectivity index (χ3n) is 5.28. The molecule has 0 radical (unpaired) electrons. The van der Waals surface area contributed by atoms with E-state index in [0.29, 0.717) is 15.6 Å². The number of rotatable bonds is 8. The summed E-state index contributed by atoms with van der Waals surface area (Å²) in [5, 5.41) is 10.8. The van der Waals surface area contributed by atoms with Crippen LogP contribution in [0.15, 0.2) is 45.3 Å². The van der Waals surface area contributed by atoms with Crippen LogP contribution in [-0.4, -0.2) is 68.2 Å². The van der Waals surface area contributed by atoms with Crippen LogP contribution in [0.2, 0.25) is 0 Å². The molecule has 1 fully saturated rings. The van der Waals surface area contributed by atoms with Crippen LogP contribution in [0.25, 0.3) is 10.7 Å². The number of hydrogen-bond acceptors (Lipinski definition) is 12. The number of nitrogens with zero attached hydrogens (tertiary/aromatic N) is 4. The summed E-state index contributed by atoms with van der Waals surface area (Å²) in [6.07, 6.45) is 0.123. The Morgan fingerprint density at radius 2 is 1.89 bits per heavy atom. The SMILES string of the molecule is CC(=O)OCC1OC(Sc2ccc(F)c(Br)c2)C(OC(C)=O)C(n2cc(-c3nccs3)nn2)C1OC(C)=O. The highest BCUT2D eigenvalue weighted by Crippen LogP contribution is 2.42. The number of aromatic nitrogens is 4. The predicted octanol–water partition coefficient (Wildman–Crippen LogP) is 3.79. The molecule has 202 valence electrons. The second-order valence-electron chi connectivity index (χ2n) is 8.10. The highest BCUT2D eigenvalue weighted by molar-refractivity contribution is 9.10. The third-order valence-corrected chi connectivity index (χ3v) is 7.82. The van der Waals surface area contributed by atoms with Crippen molar-refractivity contribution in [2.24, 2.45) is 0 Å². The standard InChI is InChI=1S/C23H22BrFN4O7S2/c1-11(30)33-10-18-20(34-12(2)31)19(29-9-17(27-28-29)22-26-6-7-37-22)21(35-13(3)32)23(36-18)38-14-4-5-16(25)15(24)8-14/h4-9,18-21,23H,10H2,1-3H3. The van der Waals surface area contributed by atoms with E-state index in [-0.39, 0.29) is 11.1 Å². The maximum atomic E-state index is 13.9. The van der Waals surface area contributed by atoms with E-state index in [1.54, 1.807) is 29.9 Å². The van der Waals surface area contributed by atoms with Crippen molar-refractivity contribution in [1.29, 1.82) is 0 Å². The smallest absolute Gasteiger partial charge is 0.303 e. The molecule has 0 N–H and O–H groups in total. The zero-order valence-corrected chi connectivity index (χ0v) is 23.5. The lowest BCUT2D eigenvalue weighted by molar-refractivity contribution is -0.212. The first-order valence-corrected chi connectivity index (χ1v) is 13.7. The van der Waals surface area contributed by atoms with Crippen molar-refractivity contribution in [3.05, 3.63) is 46.3 Å². The molecule has 0 spiro atoms. The summed E-state index contributed by atoms with van der Waals surface area (Å²) in [5.41, 5.74) is -0.445. The number of thiazole rings is 1. The summed E-state index contributed by atoms with van der Waals surface area (Å²) in [6, 6.07) is 3.45. The average Bonchev–Trinajstić information content (AvgIpc) is 3.54. The fourth-order valence-corrected chi connectivity index (χ4v) is 6.10. The van der Waals surface area contributed by atoms with E-state index in [1.165, 1.54) is 42.9 Å². The summed E-state index contributed by atoms with van der Waals surface area (Å²) in [4.78, 5) is 40.8. The number of halogens is 2. The maximum Gasteiger partial charge on any atom is 0.303 e. The highest BCUT2D eigenvalue weighted by atomic mass is 79.9. The molecule has 1 aromatic carbocycles. The number of benzene rings is 1. The molecule has 0 aliphatic carbocycles. The summed E-state index contributed by atoms with van der Waals surface area (Å²) in [7, 11) is 0. The van der Waals surface area contributed by atoms with Gasteiger partial charge >= 0.3 is 17.9 Å². The van der Waals surface area contributed by atoms with Crippen LogP contribution < -0.4 is 0 Å². The highest BCUT2D eigenvalue weighted by Gasteiger charge is 2.52. The Balaban J connectivity index is 1.78. The van der Waals surface area contributed by atoms with Crippen molar-refractivity contribution in [3.8, 4) is 10.7 Å². The minimum Gasteiger partial charge on any atom is -0.463 e. The second kappa shape index (κ2) is 12.3. The minimum atomic E-state index is -1.08. The molecular weight excluding hydrogens is 607 g/mol. The molecule has 3 heterocycles. The first kappa shape index (κ1) is 28.1. The molecule has 0 saturated carbocycles. The van der Waals surface area contributed by atoms with Crippen molar-refractivity contribution in [2.45, 2.75) is 55.5 Å². The summed E-state index contributed by atoms with van der Waals surface area (Å²) in [5.74, 6) is -2.26. The zero-order valence-electron chi connectivity index (χ0n) is 20.3. The van der Waals surface area contributed by atoms with Gasteiger partial charge in [-0.1, -0.05) is 17.0 Å². The van der Waals surface area contributed by atoms with Crippen LogP contribution in [0.1, 0.15) is 26.8 Å². The van der Waals surface area contributed by atoms with Gasteiger partial charge in [-0.25, -0.2) is 14.1 Å². The predicted molar refractivity (Wildman–Crippen MR) is 137 cm³/mol. The van der Waals surface area contributed by atoms with E-state index in [2.05, 4.69) is 31.2 Å². The summed E-state index contributed by atoms with van der Waals surface area (Å²) < 4.78 is 38.3. The van der Waals surface area contributed by atoms with Crippen molar-refractivity contribution in [2.75, 3.05) is 6.61 Å². The van der Waals surface area contributed by atoms with E-state index >= 15 is 0 Å². The van der Waals surface area contributed by atoms with E-state index in [1.807, 2.05) is 0 Å². The summed E-state index contributed by atoms with van der Waals surface area (Å²) in [6.45, 7) is 3.44. The molecule has 0 bridgehead atoms. The molecule has 3 aromatic rings. The van der Waals surface area contributed by atoms with Crippen LogP contribution >= 0.6 is 39.0 Å². The quantitative estimate of drug-likeness (QED) is 0.266. The Morgan fingerprint density at radius 3 is 2.53 bits per heavy atom. The molecule has 5 atom stereocenters. The van der Waals surface area contributed by atoms with E-state index < -0.39 is 53.5 Å². The van der Waals surface area contributed by atoms with Gasteiger partial charge in [0, 0.05) is 37.2 Å². The summed E-state index contributed by atoms with van der Waals surface area (Å²) >= 11 is 5.68. The average molecular weight is 629 g/mol. The van der Waals surface area contributed by atoms with E-state index in [4.69, 9.17) is 18.9 Å². The van der Waals surface area contributed by atoms with Gasteiger partial charge in [-0.2, -0.15) is 0 Å². The van der Waals surface area contributed by atoms with Gasteiger partial charge in [0.25, 0.3) is 0 Å². The molecule has 1 aliphatic heterocycles. The molecule has 38 heavy (non-hydrogen) atoms. The Labute approximate surface area is 233 Å². The number of hydrogen-bond donors (Lipinski definition) is 0. The first-order valence-electron chi connectivity index (χ1n) is 11.2. The fraction of sp³-hybridized carbons (Fsp3) is 0.391. The van der Waals surface area contributed by atoms with Gasteiger partial charge < -0.3 is 18.9 Å². The van der Waals surface area contributed by atoms with E-state index in [0.717, 1.165) is 11.8 Å². The Kier molecular flexibility index (Phi) is 9.12. The molecule has 15 heteroatoms. The van der Waals surface area contributed by atoms with Gasteiger partial charge in [0.1, 0.15) is 40.7 Å². The van der Waals surface area contributed by atoms with Gasteiger partial charge in [0.15, 0.2) is 12.2 Å². The number of carbonyl (C=O) groups is 3. The molecule has 4 rings (SSSR count). The van der Waals surface area contributed by atoms with Gasteiger partial charge in [-0.15, -0.1) is 16.4 Å². The second-order valence-corrected chi connectivity index (χ2v) is 11.0. The Bertz CT molecular complexity index is 1310. The number of thioether (sulfide) groups is 1. The molecule has 11 nitrogen and oxygen atoms in total. The van der Waals surface area contributed by atoms with Crippen molar-refractivity contribution >= 4 is 56.9 Å². The lowest BCUT2D eigenvalue weighted by Gasteiger charge is -2.44. The number of carbonyl (C=O) groups excluding carboxylic acids is 3. The normalized spacial score (nSPS) is 23.0. The topological polar surface area (TPSA) is 132 Å². The molecule has 2 aromatic heterocycles. The monoisotopic (exact) mass is 628 g/mol. The maximum absolute atomic E-state index is 13.9. The lowest BCUT2D eigenvalue weighted by atomic mass is 9.96. The molecule has 5 unspecified atom stereocenters. The van der Waals surface area contributed by atoms with Crippen molar-refractivity contribution in [1.82, 2.24) is 20.0 Å². The Hall–Kier alpha value is -2.88. The van der Waals surface area contributed by atoms with Crippen LogP contribution in [0.5, 0.6) is 0 Å². The van der Waals surface area contributed by atoms with Crippen LogP contribution in [-0.2, 0) is 33.3 Å². The largest absolute Gasteiger partial charge is 0.463 e. The minimum absolute atomic E-state index is 0.234. The van der Waals surface area contributed by atoms with Crippen LogP contribution in [0, 0.1) is 5.82 Å². The van der Waals surface area contributed by atoms with Crippen molar-refractivity contribution in [3.63, 3.8) is 0 Å². The molecule has 1 aliphatic rings. The molecule has 1 saturated heterocycles. The molecular formula is C23H22BrFN4O7S2. The van der Waals surface area contributed by atoms with E-state index in [9.17, 15) is 18.8 Å². The van der Waals surface area contributed by atoms with Crippen molar-refractivity contribution < 1.29 is 37.7 Å². The lowest BCUT2D eigenvalue weighted by Crippen LogP contribution is -2.57. The van der Waals surface area contributed by atoms with Gasteiger partial charge in [0.2, 0.25) is 0 Å². The molecule has 0 amide bonds. The van der Waals surface area contributed by atoms with Crippen LogP contribution in [0.4, 0.5) is 4.39 Å². The van der Waals surface area contributed by atoms with Crippen LogP contribution in [0.3, 0.4) is 0 Å². The Morgan fingerprint density at radius 1 is 1.16 bits per heavy atom. The van der Waals surface area contributed by atoms with Gasteiger partial charge in [0.05, 0.1) is 10.7 Å². The fourth-order valence-electron chi connectivity index (χ4n) is 3.83.